The number of fused-ring (bicyclic) bond motifs is 1. The summed E-state index contributed by atoms with van der Waals surface area (Å²) in [5.41, 5.74) is 1.50. The first-order valence-electron chi connectivity index (χ1n) is 9.05. The highest BCUT2D eigenvalue weighted by Gasteiger charge is 2.38. The maximum Gasteiger partial charge on any atom is 0.416 e. The second kappa shape index (κ2) is 8.09. The fourth-order valence-electron chi connectivity index (χ4n) is 3.06. The normalized spacial score (nSPS) is 12.8. The van der Waals surface area contributed by atoms with Gasteiger partial charge in [0.2, 0.25) is 0 Å². The van der Waals surface area contributed by atoms with Crippen LogP contribution in [0.1, 0.15) is 0 Å². The van der Waals surface area contributed by atoms with Gasteiger partial charge in [-0.05, 0) is 30.3 Å². The number of aliphatic hydroxyl groups excluding tert-OH is 1. The third kappa shape index (κ3) is 4.28. The van der Waals surface area contributed by atoms with Crippen LogP contribution < -0.4 is 5.56 Å². The van der Waals surface area contributed by atoms with Crippen LogP contribution in [0.15, 0.2) is 66.0 Å². The smallest absolute Gasteiger partial charge is 0.382 e. The minimum atomic E-state index is -4.86. The lowest BCUT2D eigenvalue weighted by Crippen LogP contribution is -2.36. The fourth-order valence-corrected chi connectivity index (χ4v) is 3.19. The Hall–Kier alpha value is -3.30. The molecule has 0 saturated heterocycles. The number of rotatable bonds is 4. The minimum Gasteiger partial charge on any atom is -0.382 e. The van der Waals surface area contributed by atoms with E-state index < -0.39 is 24.4 Å². The molecule has 0 aliphatic carbocycles. The van der Waals surface area contributed by atoms with Crippen molar-refractivity contribution in [3.05, 3.63) is 76.6 Å². The topological polar surface area (TPSA) is 80.9 Å². The van der Waals surface area contributed by atoms with Gasteiger partial charge in [0.15, 0.2) is 6.10 Å². The highest BCUT2D eigenvalue weighted by Crippen LogP contribution is 2.29. The first kappa shape index (κ1) is 21.0. The highest BCUT2D eigenvalue weighted by atomic mass is 35.5. The van der Waals surface area contributed by atoms with Crippen LogP contribution in [-0.4, -0.2) is 36.9 Å². The molecule has 0 aliphatic rings. The second-order valence-corrected chi connectivity index (χ2v) is 7.20. The maximum atomic E-state index is 13.0. The van der Waals surface area contributed by atoms with E-state index in [2.05, 4.69) is 15.0 Å². The molecule has 0 aliphatic heterocycles. The first-order valence-corrected chi connectivity index (χ1v) is 9.43. The van der Waals surface area contributed by atoms with Gasteiger partial charge < -0.3 is 5.11 Å². The molecule has 1 unspecified atom stereocenters. The number of hydrogen-bond acceptors (Lipinski definition) is 5. The summed E-state index contributed by atoms with van der Waals surface area (Å²) in [6.07, 6.45) is -3.45. The molecule has 0 bridgehead atoms. The molecule has 31 heavy (non-hydrogen) atoms. The van der Waals surface area contributed by atoms with Crippen LogP contribution in [0.25, 0.3) is 33.4 Å². The Morgan fingerprint density at radius 1 is 1.13 bits per heavy atom. The quantitative estimate of drug-likeness (QED) is 0.510. The molecule has 10 heteroatoms. The number of nitrogens with zero attached hydrogens (tertiary/aromatic N) is 4. The summed E-state index contributed by atoms with van der Waals surface area (Å²) in [5, 5.41) is 9.96. The molecule has 3 heterocycles. The molecule has 0 radical (unpaired) electrons. The number of aliphatic hydroxyl groups is 1. The van der Waals surface area contributed by atoms with Gasteiger partial charge in [0, 0.05) is 28.5 Å². The van der Waals surface area contributed by atoms with E-state index in [4.69, 9.17) is 11.6 Å². The number of hydrogen-bond donors (Lipinski definition) is 1. The Morgan fingerprint density at radius 3 is 2.52 bits per heavy atom. The number of halogens is 4. The van der Waals surface area contributed by atoms with Gasteiger partial charge in [-0.2, -0.15) is 13.2 Å². The zero-order chi connectivity index (χ0) is 22.2. The van der Waals surface area contributed by atoms with Crippen molar-refractivity contribution >= 4 is 22.5 Å². The average Bonchev–Trinajstić information content (AvgIpc) is 2.75. The lowest BCUT2D eigenvalue weighted by Gasteiger charge is -2.16. The van der Waals surface area contributed by atoms with Crippen molar-refractivity contribution in [3.63, 3.8) is 0 Å². The molecule has 0 fully saturated rings. The van der Waals surface area contributed by atoms with E-state index >= 15 is 0 Å². The fraction of sp³-hybridized carbons (Fsp3) is 0.143. The van der Waals surface area contributed by atoms with Crippen LogP contribution in [0.5, 0.6) is 0 Å². The molecule has 1 N–H and O–H groups in total. The van der Waals surface area contributed by atoms with Crippen LogP contribution in [0, 0.1) is 0 Å². The van der Waals surface area contributed by atoms with Crippen molar-refractivity contribution in [3.8, 4) is 22.5 Å². The summed E-state index contributed by atoms with van der Waals surface area (Å²) >= 11 is 5.95. The Kier molecular flexibility index (Phi) is 5.47. The van der Waals surface area contributed by atoms with Gasteiger partial charge >= 0.3 is 6.18 Å². The molecule has 4 aromatic rings. The van der Waals surface area contributed by atoms with Crippen LogP contribution in [0.3, 0.4) is 0 Å². The zero-order valence-electron chi connectivity index (χ0n) is 15.7. The lowest BCUT2D eigenvalue weighted by molar-refractivity contribution is -0.207. The Balaban J connectivity index is 1.94. The van der Waals surface area contributed by atoms with Gasteiger partial charge in [-0.3, -0.25) is 14.3 Å². The Labute approximate surface area is 178 Å². The van der Waals surface area contributed by atoms with E-state index in [0.29, 0.717) is 27.5 Å². The van der Waals surface area contributed by atoms with Crippen molar-refractivity contribution in [1.29, 1.82) is 0 Å². The van der Waals surface area contributed by atoms with Crippen LogP contribution in [0.2, 0.25) is 5.02 Å². The van der Waals surface area contributed by atoms with Crippen molar-refractivity contribution in [2.45, 2.75) is 18.8 Å². The Morgan fingerprint density at radius 2 is 1.87 bits per heavy atom. The van der Waals surface area contributed by atoms with E-state index in [1.165, 1.54) is 6.07 Å². The van der Waals surface area contributed by atoms with E-state index in [9.17, 15) is 23.1 Å². The van der Waals surface area contributed by atoms with Gasteiger partial charge in [-0.1, -0.05) is 23.7 Å². The number of aromatic nitrogens is 4. The predicted octanol–water partition coefficient (Wildman–Crippen LogP) is 4.10. The lowest BCUT2D eigenvalue weighted by atomic mass is 10.1. The van der Waals surface area contributed by atoms with Crippen LogP contribution in [-0.2, 0) is 6.54 Å². The molecule has 1 aromatic carbocycles. The summed E-state index contributed by atoms with van der Waals surface area (Å²) in [5.74, 6) is 0. The molecule has 0 amide bonds. The maximum absolute atomic E-state index is 13.0. The molecule has 0 saturated carbocycles. The van der Waals surface area contributed by atoms with Crippen molar-refractivity contribution in [2.75, 3.05) is 0 Å². The van der Waals surface area contributed by atoms with Crippen LogP contribution in [0.4, 0.5) is 13.2 Å². The molecule has 6 nitrogen and oxygen atoms in total. The summed E-state index contributed by atoms with van der Waals surface area (Å²) in [6, 6.07) is 11.6. The minimum absolute atomic E-state index is 0.0654. The van der Waals surface area contributed by atoms with Gasteiger partial charge in [-0.25, -0.2) is 9.97 Å². The molecule has 0 spiro atoms. The largest absolute Gasteiger partial charge is 0.416 e. The van der Waals surface area contributed by atoms with Crippen LogP contribution >= 0.6 is 11.6 Å². The number of benzene rings is 1. The summed E-state index contributed by atoms with van der Waals surface area (Å²) in [6.45, 7) is -0.966. The van der Waals surface area contributed by atoms with Gasteiger partial charge in [0.25, 0.3) is 5.56 Å². The van der Waals surface area contributed by atoms with Crippen molar-refractivity contribution < 1.29 is 18.3 Å². The summed E-state index contributed by atoms with van der Waals surface area (Å²) in [7, 11) is 0. The monoisotopic (exact) mass is 446 g/mol. The van der Waals surface area contributed by atoms with Crippen molar-refractivity contribution in [1.82, 2.24) is 19.5 Å². The van der Waals surface area contributed by atoms with Gasteiger partial charge in [-0.15, -0.1) is 0 Å². The van der Waals surface area contributed by atoms with E-state index in [0.717, 1.165) is 10.9 Å². The molecule has 3 aromatic heterocycles. The predicted molar refractivity (Wildman–Crippen MR) is 110 cm³/mol. The summed E-state index contributed by atoms with van der Waals surface area (Å²) < 4.78 is 39.0. The van der Waals surface area contributed by atoms with Gasteiger partial charge in [0.1, 0.15) is 5.52 Å². The molecule has 4 rings (SSSR count). The molecular weight excluding hydrogens is 433 g/mol. The standard InChI is InChI=1S/C21H14ClF3N4O2/c22-14-5-3-12(4-6-14)16-8-15-19(18(28-16)13-2-1-7-26-9-13)27-11-29(20(15)31)10-17(30)21(23,24)25/h1-9,11,17,30H,10H2. The van der Waals surface area contributed by atoms with Gasteiger partial charge in [0.05, 0.1) is 29.6 Å². The number of pyridine rings is 2. The van der Waals surface area contributed by atoms with Crippen molar-refractivity contribution in [2.24, 2.45) is 0 Å². The van der Waals surface area contributed by atoms with E-state index in [1.54, 1.807) is 48.8 Å². The molecule has 1 atom stereocenters. The van der Waals surface area contributed by atoms with E-state index in [-0.39, 0.29) is 10.9 Å². The Bertz CT molecular complexity index is 1290. The molecule has 158 valence electrons. The first-order chi connectivity index (χ1) is 14.7. The van der Waals surface area contributed by atoms with E-state index in [1.807, 2.05) is 0 Å². The average molecular weight is 447 g/mol. The third-order valence-corrected chi connectivity index (χ3v) is 4.88. The zero-order valence-corrected chi connectivity index (χ0v) is 16.5. The third-order valence-electron chi connectivity index (χ3n) is 4.63. The highest BCUT2D eigenvalue weighted by molar-refractivity contribution is 6.30. The molecular formula is C21H14ClF3N4O2. The number of alkyl halides is 3. The second-order valence-electron chi connectivity index (χ2n) is 6.76. The summed E-state index contributed by atoms with van der Waals surface area (Å²) in [4.78, 5) is 25.8. The SMILES string of the molecule is O=c1c2cc(-c3ccc(Cl)cc3)nc(-c3cccnc3)c2ncn1CC(O)C(F)(F)F.